The number of hydrogen-bond acceptors (Lipinski definition) is 4. The molecule has 0 spiro atoms. The molecule has 0 saturated carbocycles. The molecule has 0 radical (unpaired) electrons. The summed E-state index contributed by atoms with van der Waals surface area (Å²) in [6.07, 6.45) is 1.15. The predicted octanol–water partition coefficient (Wildman–Crippen LogP) is 3.30. The van der Waals surface area contributed by atoms with Gasteiger partial charge in [0.2, 0.25) is 0 Å². The van der Waals surface area contributed by atoms with Gasteiger partial charge in [0.15, 0.2) is 16.4 Å². The fraction of sp³-hybridized carbons (Fsp3) is 0.350. The van der Waals surface area contributed by atoms with Crippen LogP contribution in [0.2, 0.25) is 0 Å². The third-order valence-electron chi connectivity index (χ3n) is 3.91. The Hall–Kier alpha value is -2.34. The van der Waals surface area contributed by atoms with Crippen LogP contribution in [-0.2, 0) is 21.2 Å². The lowest BCUT2D eigenvalue weighted by Crippen LogP contribution is -2.47. The monoisotopic (exact) mass is 375 g/mol. The average molecular weight is 375 g/mol. The van der Waals surface area contributed by atoms with E-state index in [0.29, 0.717) is 12.3 Å². The summed E-state index contributed by atoms with van der Waals surface area (Å²) in [5.41, 5.74) is 0.699. The van der Waals surface area contributed by atoms with Crippen LogP contribution in [0.25, 0.3) is 0 Å². The zero-order chi connectivity index (χ0) is 19.4. The molecule has 2 aromatic carbocycles. The molecule has 0 unspecified atom stereocenters. The first-order valence-electron chi connectivity index (χ1n) is 8.35. The SMILES string of the molecule is CC(C)(C)N(Cc1ccccc1)C(=O)COc1ccc(S(C)(=O)=O)cc1. The zero-order valence-electron chi connectivity index (χ0n) is 15.6. The van der Waals surface area contributed by atoms with Crippen LogP contribution in [0.5, 0.6) is 5.75 Å². The molecule has 0 fully saturated rings. The van der Waals surface area contributed by atoms with Gasteiger partial charge in [-0.3, -0.25) is 4.79 Å². The second-order valence-electron chi connectivity index (χ2n) is 7.17. The molecular formula is C20H25NO4S. The molecule has 140 valence electrons. The van der Waals surface area contributed by atoms with Crippen molar-refractivity contribution in [3.05, 3.63) is 60.2 Å². The summed E-state index contributed by atoms with van der Waals surface area (Å²) in [7, 11) is -3.25. The number of nitrogens with zero attached hydrogens (tertiary/aromatic N) is 1. The molecule has 0 aliphatic carbocycles. The van der Waals surface area contributed by atoms with Crippen LogP contribution in [0.1, 0.15) is 26.3 Å². The normalized spacial score (nSPS) is 11.8. The maximum Gasteiger partial charge on any atom is 0.261 e. The van der Waals surface area contributed by atoms with E-state index in [4.69, 9.17) is 4.74 Å². The highest BCUT2D eigenvalue weighted by Crippen LogP contribution is 2.19. The third kappa shape index (κ3) is 5.59. The van der Waals surface area contributed by atoms with Gasteiger partial charge in [-0.2, -0.15) is 0 Å². The average Bonchev–Trinajstić information content (AvgIpc) is 2.57. The molecule has 1 amide bonds. The second kappa shape index (κ2) is 7.91. The lowest BCUT2D eigenvalue weighted by Gasteiger charge is -2.35. The number of rotatable bonds is 6. The smallest absolute Gasteiger partial charge is 0.261 e. The number of hydrogen-bond donors (Lipinski definition) is 0. The van der Waals surface area contributed by atoms with Crippen LogP contribution in [0.15, 0.2) is 59.5 Å². The van der Waals surface area contributed by atoms with Crippen molar-refractivity contribution >= 4 is 15.7 Å². The van der Waals surface area contributed by atoms with Gasteiger partial charge in [0.25, 0.3) is 5.91 Å². The fourth-order valence-corrected chi connectivity index (χ4v) is 3.10. The van der Waals surface area contributed by atoms with Gasteiger partial charge < -0.3 is 9.64 Å². The summed E-state index contributed by atoms with van der Waals surface area (Å²) in [5.74, 6) is 0.327. The minimum atomic E-state index is -3.25. The lowest BCUT2D eigenvalue weighted by molar-refractivity contribution is -0.139. The van der Waals surface area contributed by atoms with Gasteiger partial charge in [-0.05, 0) is 50.6 Å². The Bertz CT molecular complexity index is 838. The summed E-state index contributed by atoms with van der Waals surface area (Å²) >= 11 is 0. The van der Waals surface area contributed by atoms with Crippen molar-refractivity contribution in [3.63, 3.8) is 0 Å². The van der Waals surface area contributed by atoms with E-state index in [-0.39, 0.29) is 22.9 Å². The summed E-state index contributed by atoms with van der Waals surface area (Å²) in [4.78, 5) is 14.7. The van der Waals surface area contributed by atoms with E-state index in [2.05, 4.69) is 0 Å². The number of carbonyl (C=O) groups is 1. The Morgan fingerprint density at radius 1 is 1.00 bits per heavy atom. The minimum Gasteiger partial charge on any atom is -0.484 e. The molecule has 0 aromatic heterocycles. The molecule has 0 heterocycles. The molecule has 0 N–H and O–H groups in total. The Kier molecular flexibility index (Phi) is 6.08. The van der Waals surface area contributed by atoms with E-state index in [1.807, 2.05) is 51.1 Å². The van der Waals surface area contributed by atoms with Gasteiger partial charge in [-0.25, -0.2) is 8.42 Å². The Balaban J connectivity index is 2.05. The van der Waals surface area contributed by atoms with Crippen molar-refractivity contribution in [3.8, 4) is 5.75 Å². The number of amides is 1. The molecule has 5 nitrogen and oxygen atoms in total. The van der Waals surface area contributed by atoms with Gasteiger partial charge >= 0.3 is 0 Å². The van der Waals surface area contributed by atoms with Gasteiger partial charge in [-0.15, -0.1) is 0 Å². The predicted molar refractivity (Wildman–Crippen MR) is 102 cm³/mol. The van der Waals surface area contributed by atoms with Crippen LogP contribution in [0.3, 0.4) is 0 Å². The van der Waals surface area contributed by atoms with Crippen molar-refractivity contribution in [1.82, 2.24) is 4.90 Å². The van der Waals surface area contributed by atoms with Crippen LogP contribution in [-0.4, -0.2) is 37.6 Å². The molecule has 2 aromatic rings. The number of ether oxygens (including phenoxy) is 1. The highest BCUT2D eigenvalue weighted by atomic mass is 32.2. The molecule has 2 rings (SSSR count). The highest BCUT2D eigenvalue weighted by Gasteiger charge is 2.26. The van der Waals surface area contributed by atoms with E-state index >= 15 is 0 Å². The maximum atomic E-state index is 12.7. The van der Waals surface area contributed by atoms with E-state index in [1.165, 1.54) is 12.1 Å². The molecular weight excluding hydrogens is 350 g/mol. The summed E-state index contributed by atoms with van der Waals surface area (Å²) in [5, 5.41) is 0. The van der Waals surface area contributed by atoms with Crippen LogP contribution < -0.4 is 4.74 Å². The molecule has 0 atom stereocenters. The molecule has 6 heteroatoms. The zero-order valence-corrected chi connectivity index (χ0v) is 16.4. The number of sulfone groups is 1. The first-order chi connectivity index (χ1) is 12.1. The van der Waals surface area contributed by atoms with Crippen molar-refractivity contribution in [2.24, 2.45) is 0 Å². The molecule has 26 heavy (non-hydrogen) atoms. The Labute approximate surface area is 155 Å². The standard InChI is InChI=1S/C20H25NO4S/c1-20(2,3)21(14-16-8-6-5-7-9-16)19(22)15-25-17-10-12-18(13-11-17)26(4,23)24/h5-13H,14-15H2,1-4H3. The number of benzene rings is 2. The molecule has 0 aliphatic heterocycles. The van der Waals surface area contributed by atoms with Gasteiger partial charge in [0.05, 0.1) is 4.90 Å². The van der Waals surface area contributed by atoms with Gasteiger partial charge in [0.1, 0.15) is 5.75 Å². The third-order valence-corrected chi connectivity index (χ3v) is 5.04. The topological polar surface area (TPSA) is 63.7 Å². The maximum absolute atomic E-state index is 12.7. The van der Waals surface area contributed by atoms with Crippen molar-refractivity contribution in [2.75, 3.05) is 12.9 Å². The second-order valence-corrected chi connectivity index (χ2v) is 9.18. The Morgan fingerprint density at radius 3 is 2.08 bits per heavy atom. The van der Waals surface area contributed by atoms with E-state index in [0.717, 1.165) is 11.8 Å². The molecule has 0 bridgehead atoms. The van der Waals surface area contributed by atoms with Gasteiger partial charge in [-0.1, -0.05) is 30.3 Å². The quantitative estimate of drug-likeness (QED) is 0.777. The van der Waals surface area contributed by atoms with E-state index in [1.54, 1.807) is 17.0 Å². The minimum absolute atomic E-state index is 0.109. The van der Waals surface area contributed by atoms with Gasteiger partial charge in [0, 0.05) is 18.3 Å². The van der Waals surface area contributed by atoms with E-state index in [9.17, 15) is 13.2 Å². The van der Waals surface area contributed by atoms with Crippen LogP contribution in [0.4, 0.5) is 0 Å². The van der Waals surface area contributed by atoms with Crippen molar-refractivity contribution in [1.29, 1.82) is 0 Å². The Morgan fingerprint density at radius 2 is 1.58 bits per heavy atom. The fourth-order valence-electron chi connectivity index (χ4n) is 2.47. The van der Waals surface area contributed by atoms with Crippen LogP contribution >= 0.6 is 0 Å². The van der Waals surface area contributed by atoms with Crippen molar-refractivity contribution < 1.29 is 17.9 Å². The van der Waals surface area contributed by atoms with Crippen LogP contribution in [0, 0.1) is 0 Å². The first kappa shape index (κ1) is 20.0. The molecule has 0 saturated heterocycles. The van der Waals surface area contributed by atoms with Crippen molar-refractivity contribution in [2.45, 2.75) is 37.8 Å². The number of carbonyl (C=O) groups excluding carboxylic acids is 1. The summed E-state index contributed by atoms with van der Waals surface area (Å²) in [6.45, 7) is 6.33. The molecule has 0 aliphatic rings. The lowest BCUT2D eigenvalue weighted by atomic mass is 10.0. The summed E-state index contributed by atoms with van der Waals surface area (Å²) < 4.78 is 28.5. The highest BCUT2D eigenvalue weighted by molar-refractivity contribution is 7.90. The first-order valence-corrected chi connectivity index (χ1v) is 10.2. The van der Waals surface area contributed by atoms with E-state index < -0.39 is 9.84 Å². The summed E-state index contributed by atoms with van der Waals surface area (Å²) in [6, 6.07) is 15.9. The largest absolute Gasteiger partial charge is 0.484 e.